The van der Waals surface area contributed by atoms with Crippen LogP contribution in [0.2, 0.25) is 0 Å². The molecule has 0 radical (unpaired) electrons. The average Bonchev–Trinajstić information content (AvgIpc) is 3.09. The summed E-state index contributed by atoms with van der Waals surface area (Å²) in [7, 11) is 0. The molecular weight excluding hydrogens is 430 g/mol. The number of hydrogen-bond acceptors (Lipinski definition) is 6. The summed E-state index contributed by atoms with van der Waals surface area (Å²) < 4.78 is 2.46. The Hall–Kier alpha value is -2.52. The van der Waals surface area contributed by atoms with E-state index in [9.17, 15) is 9.59 Å². The molecule has 1 amide bonds. The average molecular weight is 446 g/mol. The minimum Gasteiger partial charge on any atom is -0.326 e. The smallest absolute Gasteiger partial charge is 0.221 e. The molecule has 0 aliphatic heterocycles. The molecule has 3 rings (SSSR count). The quantitative estimate of drug-likeness (QED) is 0.458. The fraction of sp³-hybridized carbons (Fsp3) is 0.167. The van der Waals surface area contributed by atoms with Crippen LogP contribution >= 0.6 is 27.7 Å². The Kier molecular flexibility index (Phi) is 6.02. The first-order chi connectivity index (χ1) is 12.9. The maximum Gasteiger partial charge on any atom is 0.221 e. The second-order valence-corrected chi connectivity index (χ2v) is 7.96. The maximum atomic E-state index is 12.6. The Bertz CT molecular complexity index is 974. The minimum absolute atomic E-state index is 0.00551. The van der Waals surface area contributed by atoms with Crippen LogP contribution in [0.3, 0.4) is 0 Å². The molecule has 2 aromatic carbocycles. The van der Waals surface area contributed by atoms with Gasteiger partial charge in [0.2, 0.25) is 11.1 Å². The van der Waals surface area contributed by atoms with Crippen molar-refractivity contribution in [3.8, 4) is 5.69 Å². The molecular formula is C18H16BrN5O2S. The molecule has 0 bridgehead atoms. The zero-order valence-electron chi connectivity index (χ0n) is 14.6. The van der Waals surface area contributed by atoms with Crippen molar-refractivity contribution in [1.29, 1.82) is 0 Å². The molecule has 3 aromatic rings. The van der Waals surface area contributed by atoms with Crippen molar-refractivity contribution >= 4 is 45.1 Å². The van der Waals surface area contributed by atoms with Crippen LogP contribution in [0.15, 0.2) is 58.2 Å². The zero-order chi connectivity index (χ0) is 19.4. The van der Waals surface area contributed by atoms with Gasteiger partial charge in [0.25, 0.3) is 0 Å². The van der Waals surface area contributed by atoms with Crippen LogP contribution in [0.25, 0.3) is 5.69 Å². The van der Waals surface area contributed by atoms with Gasteiger partial charge in [-0.05, 0) is 47.7 Å². The Balaban J connectivity index is 1.80. The SMILES string of the molecule is CC(=O)Nc1cccc(-n2nnnc2SC(C)C(=O)c2ccc(Br)cc2)c1. The van der Waals surface area contributed by atoms with E-state index in [0.717, 1.165) is 4.47 Å². The van der Waals surface area contributed by atoms with Crippen molar-refractivity contribution in [1.82, 2.24) is 20.2 Å². The Morgan fingerprint density at radius 1 is 1.19 bits per heavy atom. The Morgan fingerprint density at radius 2 is 1.93 bits per heavy atom. The molecule has 1 unspecified atom stereocenters. The molecule has 7 nitrogen and oxygen atoms in total. The van der Waals surface area contributed by atoms with Gasteiger partial charge in [0.05, 0.1) is 10.9 Å². The summed E-state index contributed by atoms with van der Waals surface area (Å²) in [4.78, 5) is 23.9. The van der Waals surface area contributed by atoms with E-state index < -0.39 is 0 Å². The lowest BCUT2D eigenvalue weighted by Crippen LogP contribution is -2.14. The number of aromatic nitrogens is 4. The highest BCUT2D eigenvalue weighted by Crippen LogP contribution is 2.26. The minimum atomic E-state index is -0.366. The predicted octanol–water partition coefficient (Wildman–Crippen LogP) is 3.75. The van der Waals surface area contributed by atoms with E-state index in [1.165, 1.54) is 18.7 Å². The number of ketones is 1. The lowest BCUT2D eigenvalue weighted by atomic mass is 10.1. The number of anilines is 1. The second-order valence-electron chi connectivity index (χ2n) is 5.74. The van der Waals surface area contributed by atoms with Crippen LogP contribution < -0.4 is 5.32 Å². The molecule has 0 saturated carbocycles. The first-order valence-electron chi connectivity index (χ1n) is 8.07. The van der Waals surface area contributed by atoms with Crippen molar-refractivity contribution in [2.45, 2.75) is 24.3 Å². The summed E-state index contributed by atoms with van der Waals surface area (Å²) in [6.45, 7) is 3.27. The maximum absolute atomic E-state index is 12.6. The van der Waals surface area contributed by atoms with Gasteiger partial charge in [0.15, 0.2) is 5.78 Å². The number of carbonyl (C=O) groups is 2. The van der Waals surface area contributed by atoms with E-state index in [0.29, 0.717) is 22.1 Å². The number of benzene rings is 2. The van der Waals surface area contributed by atoms with Crippen molar-refractivity contribution in [2.24, 2.45) is 0 Å². The largest absolute Gasteiger partial charge is 0.326 e. The molecule has 1 aromatic heterocycles. The van der Waals surface area contributed by atoms with Gasteiger partial charge in [0.1, 0.15) is 0 Å². The monoisotopic (exact) mass is 445 g/mol. The number of halogens is 1. The highest BCUT2D eigenvalue weighted by atomic mass is 79.9. The van der Waals surface area contributed by atoms with E-state index >= 15 is 0 Å². The van der Waals surface area contributed by atoms with Gasteiger partial charge in [-0.15, -0.1) is 5.10 Å². The molecule has 1 atom stereocenters. The van der Waals surface area contributed by atoms with Crippen molar-refractivity contribution in [3.05, 3.63) is 58.6 Å². The molecule has 138 valence electrons. The predicted molar refractivity (Wildman–Crippen MR) is 107 cm³/mol. The number of Topliss-reactive ketones (excluding diaryl/α,β-unsaturated/α-hetero) is 1. The van der Waals surface area contributed by atoms with Gasteiger partial charge in [0, 0.05) is 22.6 Å². The number of hydrogen-bond donors (Lipinski definition) is 1. The number of carbonyl (C=O) groups excluding carboxylic acids is 2. The molecule has 27 heavy (non-hydrogen) atoms. The normalized spacial score (nSPS) is 11.8. The highest BCUT2D eigenvalue weighted by molar-refractivity contribution is 9.10. The van der Waals surface area contributed by atoms with Crippen LogP contribution in [0.1, 0.15) is 24.2 Å². The van der Waals surface area contributed by atoms with Crippen LogP contribution in [-0.2, 0) is 4.79 Å². The number of amides is 1. The lowest BCUT2D eigenvalue weighted by Gasteiger charge is -2.11. The number of thioether (sulfide) groups is 1. The molecule has 0 fully saturated rings. The van der Waals surface area contributed by atoms with Crippen LogP contribution in [-0.4, -0.2) is 37.1 Å². The number of nitrogens with zero attached hydrogens (tertiary/aromatic N) is 4. The van der Waals surface area contributed by atoms with Gasteiger partial charge in [-0.25, -0.2) is 0 Å². The van der Waals surface area contributed by atoms with Crippen molar-refractivity contribution in [3.63, 3.8) is 0 Å². The fourth-order valence-corrected chi connectivity index (χ4v) is 3.54. The van der Waals surface area contributed by atoms with Gasteiger partial charge in [-0.1, -0.05) is 45.9 Å². The molecule has 1 N–H and O–H groups in total. The molecule has 0 aliphatic carbocycles. The van der Waals surface area contributed by atoms with E-state index in [-0.39, 0.29) is 16.9 Å². The Labute approximate surface area is 168 Å². The summed E-state index contributed by atoms with van der Waals surface area (Å²) >= 11 is 4.64. The first-order valence-corrected chi connectivity index (χ1v) is 9.74. The zero-order valence-corrected chi connectivity index (χ0v) is 17.0. The van der Waals surface area contributed by atoms with Gasteiger partial charge < -0.3 is 5.32 Å². The molecule has 1 heterocycles. The fourth-order valence-electron chi connectivity index (χ4n) is 2.39. The molecule has 9 heteroatoms. The highest BCUT2D eigenvalue weighted by Gasteiger charge is 2.20. The van der Waals surface area contributed by atoms with Crippen molar-refractivity contribution in [2.75, 3.05) is 5.32 Å². The van der Waals surface area contributed by atoms with E-state index in [4.69, 9.17) is 0 Å². The standard InChI is InChI=1S/C18H16BrN5O2S/c1-11(17(26)13-6-8-14(19)9-7-13)27-18-21-22-23-24(18)16-5-3-4-15(10-16)20-12(2)25/h3-11H,1-2H3,(H,20,25). The molecule has 0 saturated heterocycles. The summed E-state index contributed by atoms with van der Waals surface area (Å²) in [5.74, 6) is -0.166. The van der Waals surface area contributed by atoms with Gasteiger partial charge in [-0.3, -0.25) is 9.59 Å². The van der Waals surface area contributed by atoms with Gasteiger partial charge in [-0.2, -0.15) is 4.68 Å². The third-order valence-corrected chi connectivity index (χ3v) is 5.19. The van der Waals surface area contributed by atoms with E-state index in [1.54, 1.807) is 35.0 Å². The summed E-state index contributed by atoms with van der Waals surface area (Å²) in [5.41, 5.74) is 1.97. The lowest BCUT2D eigenvalue weighted by molar-refractivity contribution is -0.114. The van der Waals surface area contributed by atoms with Crippen LogP contribution in [0, 0.1) is 0 Å². The van der Waals surface area contributed by atoms with Crippen molar-refractivity contribution < 1.29 is 9.59 Å². The van der Waals surface area contributed by atoms with Crippen LogP contribution in [0.5, 0.6) is 0 Å². The summed E-state index contributed by atoms with van der Waals surface area (Å²) in [6.07, 6.45) is 0. The molecule has 0 spiro atoms. The first kappa shape index (κ1) is 19.2. The third-order valence-electron chi connectivity index (χ3n) is 3.63. The number of tetrazole rings is 1. The molecule has 0 aliphatic rings. The third kappa shape index (κ3) is 4.81. The van der Waals surface area contributed by atoms with E-state index in [2.05, 4.69) is 36.8 Å². The number of nitrogens with one attached hydrogen (secondary N) is 1. The Morgan fingerprint density at radius 3 is 2.63 bits per heavy atom. The second kappa shape index (κ2) is 8.45. The van der Waals surface area contributed by atoms with Gasteiger partial charge >= 0.3 is 0 Å². The topological polar surface area (TPSA) is 89.8 Å². The summed E-state index contributed by atoms with van der Waals surface area (Å²) in [5, 5.41) is 14.6. The summed E-state index contributed by atoms with van der Waals surface area (Å²) in [6, 6.07) is 14.4. The van der Waals surface area contributed by atoms with Crippen LogP contribution in [0.4, 0.5) is 5.69 Å². The number of rotatable bonds is 6. The van der Waals surface area contributed by atoms with E-state index in [1.807, 2.05) is 25.1 Å².